The van der Waals surface area contributed by atoms with E-state index in [0.717, 1.165) is 23.7 Å². The molecular weight excluding hydrogens is 98.1 g/mol. The second-order valence-corrected chi connectivity index (χ2v) is 3.45. The predicted molar refractivity (Wildman–Crippen MR) is 33.3 cm³/mol. The van der Waals surface area contributed by atoms with Crippen molar-refractivity contribution in [3.05, 3.63) is 0 Å². The van der Waals surface area contributed by atoms with Gasteiger partial charge in [-0.05, 0) is 23.7 Å². The normalized spacial score (nSPS) is 68.6. The van der Waals surface area contributed by atoms with E-state index in [9.17, 15) is 0 Å². The molecule has 0 aromatic carbocycles. The Hall–Kier alpha value is -0.0400. The van der Waals surface area contributed by atoms with Crippen LogP contribution in [0.5, 0.6) is 0 Å². The molecule has 0 aromatic heterocycles. The Balaban J connectivity index is 2.08. The van der Waals surface area contributed by atoms with Crippen LogP contribution in [0.4, 0.5) is 0 Å². The van der Waals surface area contributed by atoms with Crippen molar-refractivity contribution in [3.8, 4) is 0 Å². The molecule has 4 atom stereocenters. The minimum absolute atomic E-state index is 0.583. The molecule has 1 heteroatoms. The van der Waals surface area contributed by atoms with Crippen LogP contribution in [0.1, 0.15) is 13.8 Å². The summed E-state index contributed by atoms with van der Waals surface area (Å²) in [6.07, 6.45) is 0. The average Bonchev–Trinajstić information content (AvgIpc) is 2.37. The number of nitrogens with two attached hydrogens (primary N) is 1. The van der Waals surface area contributed by atoms with Gasteiger partial charge >= 0.3 is 0 Å². The maximum absolute atomic E-state index is 5.75. The summed E-state index contributed by atoms with van der Waals surface area (Å²) in [6, 6.07) is 0.583. The van der Waals surface area contributed by atoms with Crippen LogP contribution in [0, 0.1) is 23.7 Å². The topological polar surface area (TPSA) is 26.0 Å². The molecule has 2 aliphatic rings. The van der Waals surface area contributed by atoms with Crippen LogP contribution in [-0.4, -0.2) is 6.04 Å². The van der Waals surface area contributed by atoms with Crippen molar-refractivity contribution in [1.82, 2.24) is 0 Å². The Labute approximate surface area is 50.3 Å². The first-order valence-corrected chi connectivity index (χ1v) is 3.49. The minimum atomic E-state index is 0.583. The molecule has 2 fully saturated rings. The Morgan fingerprint density at radius 3 is 1.50 bits per heavy atom. The van der Waals surface area contributed by atoms with E-state index >= 15 is 0 Å². The van der Waals surface area contributed by atoms with Crippen LogP contribution in [0.25, 0.3) is 0 Å². The van der Waals surface area contributed by atoms with Gasteiger partial charge in [-0.15, -0.1) is 0 Å². The van der Waals surface area contributed by atoms with Crippen molar-refractivity contribution >= 4 is 0 Å². The molecule has 0 aromatic rings. The smallest absolute Gasteiger partial charge is 0.0108 e. The molecule has 0 spiro atoms. The van der Waals surface area contributed by atoms with Gasteiger partial charge in [0.25, 0.3) is 0 Å². The molecular formula is C7H13N. The van der Waals surface area contributed by atoms with Crippen molar-refractivity contribution < 1.29 is 0 Å². The second-order valence-electron chi connectivity index (χ2n) is 3.45. The lowest BCUT2D eigenvalue weighted by Gasteiger charge is -2.28. The molecule has 8 heavy (non-hydrogen) atoms. The summed E-state index contributed by atoms with van der Waals surface area (Å²) in [7, 11) is 0. The molecule has 0 amide bonds. The summed E-state index contributed by atoms with van der Waals surface area (Å²) in [5.41, 5.74) is 5.75. The van der Waals surface area contributed by atoms with Crippen molar-refractivity contribution in [2.75, 3.05) is 0 Å². The van der Waals surface area contributed by atoms with E-state index in [0.29, 0.717) is 6.04 Å². The van der Waals surface area contributed by atoms with Crippen molar-refractivity contribution in [1.29, 1.82) is 0 Å². The van der Waals surface area contributed by atoms with Crippen molar-refractivity contribution in [2.45, 2.75) is 19.9 Å². The molecule has 2 N–H and O–H groups in total. The standard InChI is InChI=1S/C7H13N/c1-3-4(2)6-5(3)7(6)8/h3-7H,8H2,1-2H3. The Morgan fingerprint density at radius 2 is 1.38 bits per heavy atom. The van der Waals surface area contributed by atoms with Crippen LogP contribution in [-0.2, 0) is 0 Å². The predicted octanol–water partition coefficient (Wildman–Crippen LogP) is 0.845. The van der Waals surface area contributed by atoms with Gasteiger partial charge in [-0.25, -0.2) is 0 Å². The van der Waals surface area contributed by atoms with E-state index in [-0.39, 0.29) is 0 Å². The summed E-state index contributed by atoms with van der Waals surface area (Å²) in [5.74, 6) is 3.69. The summed E-state index contributed by atoms with van der Waals surface area (Å²) >= 11 is 0. The van der Waals surface area contributed by atoms with Gasteiger partial charge < -0.3 is 5.73 Å². The first-order chi connectivity index (χ1) is 3.73. The van der Waals surface area contributed by atoms with Gasteiger partial charge in [0.2, 0.25) is 0 Å². The molecule has 0 saturated heterocycles. The van der Waals surface area contributed by atoms with E-state index in [1.54, 1.807) is 0 Å². The molecule has 0 aliphatic heterocycles. The number of rotatable bonds is 0. The van der Waals surface area contributed by atoms with Crippen molar-refractivity contribution in [2.24, 2.45) is 29.4 Å². The monoisotopic (exact) mass is 111 g/mol. The van der Waals surface area contributed by atoms with Crippen LogP contribution in [0.3, 0.4) is 0 Å². The Kier molecular flexibility index (Phi) is 0.663. The fourth-order valence-electron chi connectivity index (χ4n) is 2.34. The van der Waals surface area contributed by atoms with E-state index in [1.807, 2.05) is 0 Å². The Morgan fingerprint density at radius 1 is 1.00 bits per heavy atom. The summed E-state index contributed by atoms with van der Waals surface area (Å²) in [4.78, 5) is 0. The highest BCUT2D eigenvalue weighted by atomic mass is 14.9. The highest BCUT2D eigenvalue weighted by Gasteiger charge is 2.63. The zero-order valence-electron chi connectivity index (χ0n) is 5.46. The molecule has 2 saturated carbocycles. The first kappa shape index (κ1) is 4.80. The zero-order valence-corrected chi connectivity index (χ0v) is 5.46. The van der Waals surface area contributed by atoms with E-state index in [2.05, 4.69) is 13.8 Å². The maximum atomic E-state index is 5.75. The molecule has 0 bridgehead atoms. The SMILES string of the molecule is CC1C(C)C2C(N)C12. The third-order valence-corrected chi connectivity index (χ3v) is 3.24. The lowest BCUT2D eigenvalue weighted by molar-refractivity contribution is 0.195. The maximum Gasteiger partial charge on any atom is 0.0108 e. The van der Waals surface area contributed by atoms with E-state index in [1.165, 1.54) is 0 Å². The molecule has 0 heterocycles. The van der Waals surface area contributed by atoms with Crippen LogP contribution in [0.15, 0.2) is 0 Å². The summed E-state index contributed by atoms with van der Waals surface area (Å²) in [5, 5.41) is 0. The fraction of sp³-hybridized carbons (Fsp3) is 1.00. The molecule has 46 valence electrons. The number of hydrogen-bond donors (Lipinski definition) is 1. The molecule has 2 rings (SSSR count). The highest BCUT2D eigenvalue weighted by molar-refractivity contribution is 5.15. The zero-order chi connectivity index (χ0) is 5.89. The minimum Gasteiger partial charge on any atom is -0.327 e. The molecule has 4 unspecified atom stereocenters. The summed E-state index contributed by atoms with van der Waals surface area (Å²) < 4.78 is 0. The number of fused-ring (bicyclic) bond motifs is 1. The molecule has 1 nitrogen and oxygen atoms in total. The van der Waals surface area contributed by atoms with Crippen LogP contribution >= 0.6 is 0 Å². The third kappa shape index (κ3) is 0.304. The highest BCUT2D eigenvalue weighted by Crippen LogP contribution is 2.62. The van der Waals surface area contributed by atoms with Gasteiger partial charge in [0.1, 0.15) is 0 Å². The Bertz CT molecular complexity index is 95.6. The van der Waals surface area contributed by atoms with Gasteiger partial charge in [-0.3, -0.25) is 0 Å². The van der Waals surface area contributed by atoms with Gasteiger partial charge in [0, 0.05) is 6.04 Å². The number of hydrogen-bond acceptors (Lipinski definition) is 1. The quantitative estimate of drug-likeness (QED) is 0.492. The second kappa shape index (κ2) is 1.10. The van der Waals surface area contributed by atoms with E-state index in [4.69, 9.17) is 5.73 Å². The summed E-state index contributed by atoms with van der Waals surface area (Å²) in [6.45, 7) is 4.64. The molecule has 2 aliphatic carbocycles. The average molecular weight is 111 g/mol. The van der Waals surface area contributed by atoms with Gasteiger partial charge in [0.05, 0.1) is 0 Å². The van der Waals surface area contributed by atoms with Crippen molar-refractivity contribution in [3.63, 3.8) is 0 Å². The van der Waals surface area contributed by atoms with Gasteiger partial charge in [0.15, 0.2) is 0 Å². The lowest BCUT2D eigenvalue weighted by atomic mass is 9.77. The van der Waals surface area contributed by atoms with Gasteiger partial charge in [-0.1, -0.05) is 13.8 Å². The fourth-order valence-corrected chi connectivity index (χ4v) is 2.34. The molecule has 0 radical (unpaired) electrons. The van der Waals surface area contributed by atoms with Gasteiger partial charge in [-0.2, -0.15) is 0 Å². The van der Waals surface area contributed by atoms with Crippen LogP contribution in [0.2, 0.25) is 0 Å². The largest absolute Gasteiger partial charge is 0.327 e. The third-order valence-electron chi connectivity index (χ3n) is 3.24. The van der Waals surface area contributed by atoms with Crippen LogP contribution < -0.4 is 5.73 Å². The first-order valence-electron chi connectivity index (χ1n) is 3.49. The lowest BCUT2D eigenvalue weighted by Crippen LogP contribution is -2.23. The van der Waals surface area contributed by atoms with E-state index < -0.39 is 0 Å².